The van der Waals surface area contributed by atoms with Crippen molar-refractivity contribution in [3.8, 4) is 5.75 Å². The van der Waals surface area contributed by atoms with E-state index in [9.17, 15) is 9.59 Å². The molecule has 0 atom stereocenters. The number of ether oxygens (including phenoxy) is 1. The Balaban J connectivity index is 1.15. The molecule has 0 aliphatic heterocycles. The highest BCUT2D eigenvalue weighted by molar-refractivity contribution is 7.98. The molecule has 0 saturated carbocycles. The van der Waals surface area contributed by atoms with Crippen molar-refractivity contribution < 1.29 is 14.3 Å². The molecule has 0 fully saturated rings. The van der Waals surface area contributed by atoms with Crippen LogP contribution in [-0.2, 0) is 17.0 Å². The molecule has 38 heavy (non-hydrogen) atoms. The molecule has 4 rings (SSSR count). The maximum atomic E-state index is 12.4. The fraction of sp³-hybridized carbons (Fsp3) is 0.129. The van der Waals surface area contributed by atoms with Crippen LogP contribution in [0.5, 0.6) is 5.75 Å². The average molecular weight is 524 g/mol. The SMILES string of the molecule is O=C(COc1ccc(/C=N\NC(=O)c2ccc(CSc3ccccc3)cc2)cc1)NCCc1ccccc1. The minimum Gasteiger partial charge on any atom is -0.484 e. The first-order valence-corrected chi connectivity index (χ1v) is 13.3. The number of amides is 2. The van der Waals surface area contributed by atoms with Gasteiger partial charge in [0.15, 0.2) is 6.61 Å². The summed E-state index contributed by atoms with van der Waals surface area (Å²) >= 11 is 1.75. The van der Waals surface area contributed by atoms with Crippen molar-refractivity contribution >= 4 is 29.8 Å². The van der Waals surface area contributed by atoms with Gasteiger partial charge >= 0.3 is 0 Å². The van der Waals surface area contributed by atoms with Crippen LogP contribution in [0.4, 0.5) is 0 Å². The van der Waals surface area contributed by atoms with Crippen molar-refractivity contribution in [2.45, 2.75) is 17.1 Å². The van der Waals surface area contributed by atoms with E-state index in [1.54, 1.807) is 54.4 Å². The second-order valence-corrected chi connectivity index (χ2v) is 9.49. The van der Waals surface area contributed by atoms with E-state index in [-0.39, 0.29) is 18.4 Å². The molecule has 0 bridgehead atoms. The molecule has 0 spiro atoms. The third kappa shape index (κ3) is 8.94. The number of hydrogen-bond acceptors (Lipinski definition) is 5. The van der Waals surface area contributed by atoms with Crippen molar-refractivity contribution in [2.75, 3.05) is 13.2 Å². The summed E-state index contributed by atoms with van der Waals surface area (Å²) in [6.45, 7) is 0.507. The smallest absolute Gasteiger partial charge is 0.271 e. The fourth-order valence-corrected chi connectivity index (χ4v) is 4.38. The van der Waals surface area contributed by atoms with Crippen LogP contribution in [-0.4, -0.2) is 31.2 Å². The van der Waals surface area contributed by atoms with Crippen LogP contribution >= 0.6 is 11.8 Å². The first kappa shape index (κ1) is 26.7. The number of hydrogen-bond donors (Lipinski definition) is 2. The highest BCUT2D eigenvalue weighted by Gasteiger charge is 2.05. The van der Waals surface area contributed by atoms with Crippen LogP contribution in [0.15, 0.2) is 119 Å². The summed E-state index contributed by atoms with van der Waals surface area (Å²) in [5.74, 6) is 0.969. The maximum absolute atomic E-state index is 12.4. The molecule has 0 saturated heterocycles. The van der Waals surface area contributed by atoms with Crippen LogP contribution in [0.2, 0.25) is 0 Å². The largest absolute Gasteiger partial charge is 0.484 e. The average Bonchev–Trinajstić information content (AvgIpc) is 2.97. The van der Waals surface area contributed by atoms with Gasteiger partial charge in [-0.25, -0.2) is 5.43 Å². The maximum Gasteiger partial charge on any atom is 0.271 e. The third-order valence-corrected chi connectivity index (χ3v) is 6.66. The number of rotatable bonds is 12. The van der Waals surface area contributed by atoms with Crippen LogP contribution in [0.3, 0.4) is 0 Å². The Morgan fingerprint density at radius 1 is 0.789 bits per heavy atom. The Morgan fingerprint density at radius 3 is 2.18 bits per heavy atom. The van der Waals surface area contributed by atoms with Gasteiger partial charge in [0, 0.05) is 22.8 Å². The van der Waals surface area contributed by atoms with Crippen LogP contribution in [0.25, 0.3) is 0 Å². The summed E-state index contributed by atoms with van der Waals surface area (Å²) in [5, 5.41) is 6.90. The van der Waals surface area contributed by atoms with Crippen molar-refractivity contribution in [1.82, 2.24) is 10.7 Å². The molecule has 6 nitrogen and oxygen atoms in total. The minimum absolute atomic E-state index is 0.0536. The second-order valence-electron chi connectivity index (χ2n) is 8.44. The summed E-state index contributed by atoms with van der Waals surface area (Å²) in [7, 11) is 0. The van der Waals surface area contributed by atoms with Gasteiger partial charge in [0.1, 0.15) is 5.75 Å². The van der Waals surface area contributed by atoms with E-state index in [0.29, 0.717) is 17.9 Å². The van der Waals surface area contributed by atoms with Gasteiger partial charge in [-0.2, -0.15) is 5.10 Å². The van der Waals surface area contributed by atoms with Gasteiger partial charge < -0.3 is 10.1 Å². The van der Waals surface area contributed by atoms with Crippen LogP contribution in [0.1, 0.15) is 27.0 Å². The number of thioether (sulfide) groups is 1. The van der Waals surface area contributed by atoms with E-state index in [4.69, 9.17) is 4.74 Å². The predicted molar refractivity (Wildman–Crippen MR) is 153 cm³/mol. The van der Waals surface area contributed by atoms with Gasteiger partial charge in [-0.3, -0.25) is 9.59 Å². The zero-order valence-electron chi connectivity index (χ0n) is 20.9. The second kappa shape index (κ2) is 14.4. The van der Waals surface area contributed by atoms with E-state index >= 15 is 0 Å². The third-order valence-electron chi connectivity index (χ3n) is 5.57. The molecule has 0 unspecified atom stereocenters. The number of carbonyl (C=O) groups excluding carboxylic acids is 2. The Kier molecular flexibility index (Phi) is 10.1. The van der Waals surface area contributed by atoms with E-state index in [1.807, 2.05) is 60.7 Å². The number of nitrogens with zero attached hydrogens (tertiary/aromatic N) is 1. The minimum atomic E-state index is -0.276. The molecule has 0 aliphatic carbocycles. The van der Waals surface area contributed by atoms with Gasteiger partial charge in [-0.1, -0.05) is 60.7 Å². The lowest BCUT2D eigenvalue weighted by atomic mass is 10.1. The van der Waals surface area contributed by atoms with Gasteiger partial charge in [0.25, 0.3) is 11.8 Å². The lowest BCUT2D eigenvalue weighted by molar-refractivity contribution is -0.123. The van der Waals surface area contributed by atoms with Gasteiger partial charge in [0.05, 0.1) is 6.21 Å². The molecule has 192 valence electrons. The summed E-state index contributed by atoms with van der Waals surface area (Å²) < 4.78 is 5.55. The van der Waals surface area contributed by atoms with Gasteiger partial charge in [0.2, 0.25) is 0 Å². The van der Waals surface area contributed by atoms with Gasteiger partial charge in [-0.05, 0) is 71.6 Å². The van der Waals surface area contributed by atoms with E-state index < -0.39 is 0 Å². The summed E-state index contributed by atoms with van der Waals surface area (Å²) in [5.41, 5.74) is 6.20. The molecule has 2 N–H and O–H groups in total. The lowest BCUT2D eigenvalue weighted by Crippen LogP contribution is -2.30. The first-order chi connectivity index (χ1) is 18.7. The number of nitrogens with one attached hydrogen (secondary N) is 2. The standard InChI is InChI=1S/C31H29N3O3S/c35-30(32-20-19-24-7-3-1-4-8-24)22-37-28-17-13-25(14-18-28)21-33-34-31(36)27-15-11-26(12-16-27)23-38-29-9-5-2-6-10-29/h1-18,21H,19-20,22-23H2,(H,32,35)(H,34,36)/b33-21-. The summed E-state index contributed by atoms with van der Waals surface area (Å²) in [4.78, 5) is 25.6. The normalized spacial score (nSPS) is 10.7. The molecule has 7 heteroatoms. The van der Waals surface area contributed by atoms with Crippen molar-refractivity contribution in [3.63, 3.8) is 0 Å². The lowest BCUT2D eigenvalue weighted by Gasteiger charge is -2.08. The summed E-state index contributed by atoms with van der Waals surface area (Å²) in [6.07, 6.45) is 2.33. The highest BCUT2D eigenvalue weighted by atomic mass is 32.2. The Bertz CT molecular complexity index is 1330. The van der Waals surface area contributed by atoms with Crippen molar-refractivity contribution in [1.29, 1.82) is 0 Å². The van der Waals surface area contributed by atoms with Crippen LogP contribution < -0.4 is 15.5 Å². The first-order valence-electron chi connectivity index (χ1n) is 12.3. The Hall–Kier alpha value is -4.36. The molecular weight excluding hydrogens is 494 g/mol. The molecule has 0 radical (unpaired) electrons. The molecule has 0 aromatic heterocycles. The highest BCUT2D eigenvalue weighted by Crippen LogP contribution is 2.22. The number of hydrazone groups is 1. The molecule has 4 aromatic carbocycles. The number of benzene rings is 4. The molecule has 0 aliphatic rings. The topological polar surface area (TPSA) is 79.8 Å². The van der Waals surface area contributed by atoms with E-state index in [0.717, 1.165) is 23.3 Å². The monoisotopic (exact) mass is 523 g/mol. The zero-order valence-corrected chi connectivity index (χ0v) is 21.7. The quantitative estimate of drug-likeness (QED) is 0.146. The molecule has 0 heterocycles. The predicted octanol–water partition coefficient (Wildman–Crippen LogP) is 5.48. The Morgan fingerprint density at radius 2 is 1.47 bits per heavy atom. The van der Waals surface area contributed by atoms with Crippen molar-refractivity contribution in [2.24, 2.45) is 5.10 Å². The zero-order chi connectivity index (χ0) is 26.4. The molecule has 2 amide bonds. The van der Waals surface area contributed by atoms with Crippen molar-refractivity contribution in [3.05, 3.63) is 131 Å². The van der Waals surface area contributed by atoms with Gasteiger partial charge in [-0.15, -0.1) is 11.8 Å². The molecular formula is C31H29N3O3S. The summed E-state index contributed by atoms with van der Waals surface area (Å²) in [6, 6.07) is 34.8. The number of carbonyl (C=O) groups is 2. The Labute approximate surface area is 227 Å². The fourth-order valence-electron chi connectivity index (χ4n) is 3.51. The van der Waals surface area contributed by atoms with E-state index in [1.165, 1.54) is 10.5 Å². The van der Waals surface area contributed by atoms with E-state index in [2.05, 4.69) is 28.0 Å². The van der Waals surface area contributed by atoms with Crippen LogP contribution in [0, 0.1) is 0 Å². The molecule has 4 aromatic rings.